The number of halogens is 1. The maximum Gasteiger partial charge on any atom is 0.273 e. The van der Waals surface area contributed by atoms with Gasteiger partial charge in [-0.25, -0.2) is 8.42 Å². The normalized spacial score (nSPS) is 22.0. The number of nitrogens with one attached hydrogen (secondary N) is 1. The molecule has 0 bridgehead atoms. The van der Waals surface area contributed by atoms with E-state index in [9.17, 15) is 13.2 Å². The number of nitrogens with zero attached hydrogens (tertiary/aromatic N) is 2. The standard InChI is InChI=1S/C10H14BrN3O3S/c1-2-14-5-8(11)9(13-14)10(15)12-7-3-4-18(16,17)6-7/h5,7H,2-4,6H2,1H3,(H,12,15). The third-order valence-corrected chi connectivity index (χ3v) is 5.17. The highest BCUT2D eigenvalue weighted by atomic mass is 79.9. The van der Waals surface area contributed by atoms with Crippen LogP contribution in [0.3, 0.4) is 0 Å². The highest BCUT2D eigenvalue weighted by molar-refractivity contribution is 9.10. The van der Waals surface area contributed by atoms with Crippen LogP contribution in [0.25, 0.3) is 0 Å². The third kappa shape index (κ3) is 2.92. The quantitative estimate of drug-likeness (QED) is 0.876. The second kappa shape index (κ2) is 5.00. The molecule has 1 amide bonds. The molecular weight excluding hydrogens is 322 g/mol. The maximum absolute atomic E-state index is 12.0. The van der Waals surface area contributed by atoms with Crippen molar-refractivity contribution >= 4 is 31.7 Å². The molecule has 1 aromatic rings. The summed E-state index contributed by atoms with van der Waals surface area (Å²) in [5.41, 5.74) is 0.293. The van der Waals surface area contributed by atoms with Crippen molar-refractivity contribution in [3.05, 3.63) is 16.4 Å². The van der Waals surface area contributed by atoms with Crippen molar-refractivity contribution in [2.45, 2.75) is 25.9 Å². The molecule has 1 fully saturated rings. The van der Waals surface area contributed by atoms with E-state index in [1.165, 1.54) is 0 Å². The van der Waals surface area contributed by atoms with E-state index in [0.29, 0.717) is 23.1 Å². The lowest BCUT2D eigenvalue weighted by Gasteiger charge is -2.09. The van der Waals surface area contributed by atoms with Gasteiger partial charge in [0.15, 0.2) is 15.5 Å². The molecule has 0 aliphatic carbocycles. The molecule has 1 N–H and O–H groups in total. The van der Waals surface area contributed by atoms with Gasteiger partial charge in [0.1, 0.15) is 0 Å². The molecule has 1 saturated heterocycles. The summed E-state index contributed by atoms with van der Waals surface area (Å²) in [6, 6.07) is -0.304. The Balaban J connectivity index is 2.06. The molecule has 1 aromatic heterocycles. The number of sulfone groups is 1. The molecule has 2 rings (SSSR count). The Labute approximate surface area is 114 Å². The molecule has 0 spiro atoms. The fraction of sp³-hybridized carbons (Fsp3) is 0.600. The first-order valence-corrected chi connectivity index (χ1v) is 8.27. The van der Waals surface area contributed by atoms with Crippen molar-refractivity contribution in [3.8, 4) is 0 Å². The Morgan fingerprint density at radius 1 is 1.67 bits per heavy atom. The van der Waals surface area contributed by atoms with E-state index in [2.05, 4.69) is 26.3 Å². The van der Waals surface area contributed by atoms with E-state index < -0.39 is 9.84 Å². The minimum absolute atomic E-state index is 0.0187. The number of carbonyl (C=O) groups excluding carboxylic acids is 1. The van der Waals surface area contributed by atoms with Crippen LogP contribution >= 0.6 is 15.9 Å². The van der Waals surface area contributed by atoms with E-state index in [4.69, 9.17) is 0 Å². The first-order chi connectivity index (χ1) is 8.41. The summed E-state index contributed by atoms with van der Waals surface area (Å²) in [4.78, 5) is 12.0. The van der Waals surface area contributed by atoms with Crippen molar-refractivity contribution in [2.75, 3.05) is 11.5 Å². The molecule has 6 nitrogen and oxygen atoms in total. The SMILES string of the molecule is CCn1cc(Br)c(C(=O)NC2CCS(=O)(=O)C2)n1. The summed E-state index contributed by atoms with van der Waals surface area (Å²) < 4.78 is 24.8. The molecule has 0 radical (unpaired) electrons. The molecule has 18 heavy (non-hydrogen) atoms. The number of aryl methyl sites for hydroxylation is 1. The van der Waals surface area contributed by atoms with Gasteiger partial charge in [-0.1, -0.05) is 0 Å². The Kier molecular flexibility index (Phi) is 3.76. The van der Waals surface area contributed by atoms with Gasteiger partial charge in [0.25, 0.3) is 5.91 Å². The fourth-order valence-electron chi connectivity index (χ4n) is 1.88. The maximum atomic E-state index is 12.0. The predicted octanol–water partition coefficient (Wildman–Crippen LogP) is 0.582. The Morgan fingerprint density at radius 2 is 2.39 bits per heavy atom. The summed E-state index contributed by atoms with van der Waals surface area (Å²) in [5, 5.41) is 6.82. The van der Waals surface area contributed by atoms with Gasteiger partial charge >= 0.3 is 0 Å². The van der Waals surface area contributed by atoms with Crippen molar-refractivity contribution in [1.29, 1.82) is 0 Å². The number of hydrogen-bond acceptors (Lipinski definition) is 4. The average Bonchev–Trinajstić information content (AvgIpc) is 2.81. The van der Waals surface area contributed by atoms with Gasteiger partial charge in [0.05, 0.1) is 16.0 Å². The molecule has 2 heterocycles. The van der Waals surface area contributed by atoms with Gasteiger partial charge in [-0.3, -0.25) is 9.48 Å². The van der Waals surface area contributed by atoms with E-state index in [1.807, 2.05) is 6.92 Å². The van der Waals surface area contributed by atoms with Crippen molar-refractivity contribution in [3.63, 3.8) is 0 Å². The monoisotopic (exact) mass is 335 g/mol. The van der Waals surface area contributed by atoms with Gasteiger partial charge in [0.2, 0.25) is 0 Å². The lowest BCUT2D eigenvalue weighted by molar-refractivity contribution is 0.0934. The molecular formula is C10H14BrN3O3S. The summed E-state index contributed by atoms with van der Waals surface area (Å²) in [6.07, 6.45) is 2.19. The van der Waals surface area contributed by atoms with E-state index in [1.54, 1.807) is 10.9 Å². The van der Waals surface area contributed by atoms with E-state index in [0.717, 1.165) is 0 Å². The summed E-state index contributed by atoms with van der Waals surface area (Å²) in [6.45, 7) is 2.59. The number of aromatic nitrogens is 2. The minimum Gasteiger partial charge on any atom is -0.347 e. The van der Waals surface area contributed by atoms with Crippen molar-refractivity contribution < 1.29 is 13.2 Å². The van der Waals surface area contributed by atoms with E-state index >= 15 is 0 Å². The van der Waals surface area contributed by atoms with Gasteiger partial charge < -0.3 is 5.32 Å². The topological polar surface area (TPSA) is 81.1 Å². The third-order valence-electron chi connectivity index (χ3n) is 2.82. The van der Waals surface area contributed by atoms with Crippen LogP contribution in [-0.2, 0) is 16.4 Å². The van der Waals surface area contributed by atoms with Crippen LogP contribution in [0, 0.1) is 0 Å². The smallest absolute Gasteiger partial charge is 0.273 e. The van der Waals surface area contributed by atoms with Gasteiger partial charge in [0, 0.05) is 18.8 Å². The number of hydrogen-bond donors (Lipinski definition) is 1. The fourth-order valence-corrected chi connectivity index (χ4v) is 4.04. The Morgan fingerprint density at radius 3 is 2.89 bits per heavy atom. The molecule has 100 valence electrons. The summed E-state index contributed by atoms with van der Waals surface area (Å²) in [5.74, 6) is -0.177. The highest BCUT2D eigenvalue weighted by Gasteiger charge is 2.30. The lowest BCUT2D eigenvalue weighted by atomic mass is 10.2. The zero-order valence-corrected chi connectivity index (χ0v) is 12.3. The Bertz CT molecular complexity index is 567. The largest absolute Gasteiger partial charge is 0.347 e. The summed E-state index contributed by atoms with van der Waals surface area (Å²) >= 11 is 3.27. The lowest BCUT2D eigenvalue weighted by Crippen LogP contribution is -2.36. The van der Waals surface area contributed by atoms with Crippen LogP contribution < -0.4 is 5.32 Å². The van der Waals surface area contributed by atoms with Crippen LogP contribution in [0.2, 0.25) is 0 Å². The molecule has 1 atom stereocenters. The second-order valence-electron chi connectivity index (χ2n) is 4.25. The second-order valence-corrected chi connectivity index (χ2v) is 7.34. The van der Waals surface area contributed by atoms with Crippen LogP contribution in [0.4, 0.5) is 0 Å². The van der Waals surface area contributed by atoms with Gasteiger partial charge in [-0.15, -0.1) is 0 Å². The zero-order chi connectivity index (χ0) is 13.3. The van der Waals surface area contributed by atoms with Crippen LogP contribution in [0.5, 0.6) is 0 Å². The first kappa shape index (κ1) is 13.5. The van der Waals surface area contributed by atoms with Crippen LogP contribution in [0.15, 0.2) is 10.7 Å². The van der Waals surface area contributed by atoms with Crippen molar-refractivity contribution in [2.24, 2.45) is 0 Å². The van der Waals surface area contributed by atoms with E-state index in [-0.39, 0.29) is 23.5 Å². The van der Waals surface area contributed by atoms with Crippen molar-refractivity contribution in [1.82, 2.24) is 15.1 Å². The molecule has 0 aromatic carbocycles. The zero-order valence-electron chi connectivity index (χ0n) is 9.89. The predicted molar refractivity (Wildman–Crippen MR) is 70.1 cm³/mol. The minimum atomic E-state index is -2.98. The molecule has 1 aliphatic heterocycles. The molecule has 1 aliphatic rings. The van der Waals surface area contributed by atoms with Crippen LogP contribution in [-0.4, -0.2) is 41.7 Å². The van der Waals surface area contributed by atoms with Gasteiger partial charge in [-0.05, 0) is 29.3 Å². The number of carbonyl (C=O) groups is 1. The van der Waals surface area contributed by atoms with Gasteiger partial charge in [-0.2, -0.15) is 5.10 Å². The van der Waals surface area contributed by atoms with Crippen LogP contribution in [0.1, 0.15) is 23.8 Å². The molecule has 0 saturated carbocycles. The molecule has 8 heteroatoms. The molecule has 1 unspecified atom stereocenters. The summed E-state index contributed by atoms with van der Waals surface area (Å²) in [7, 11) is -2.98. The highest BCUT2D eigenvalue weighted by Crippen LogP contribution is 2.16. The Hall–Kier alpha value is -0.890. The first-order valence-electron chi connectivity index (χ1n) is 5.65. The number of amides is 1. The average molecular weight is 336 g/mol. The number of rotatable bonds is 3.